The Hall–Kier alpha value is -3.20. The topological polar surface area (TPSA) is 99.3 Å². The Morgan fingerprint density at radius 3 is 2.23 bits per heavy atom. The summed E-state index contributed by atoms with van der Waals surface area (Å²) in [6.45, 7) is 12.9. The number of carbonyl (C=O) groups excluding carboxylic acids is 4. The third kappa shape index (κ3) is 8.71. The molecule has 1 aromatic rings. The van der Waals surface area contributed by atoms with Crippen LogP contribution in [-0.2, 0) is 23.9 Å². The molecule has 3 amide bonds. The second kappa shape index (κ2) is 16.2. The molecule has 9 nitrogen and oxygen atoms in total. The molecule has 3 rings (SSSR count). The fourth-order valence-corrected chi connectivity index (χ4v) is 6.37. The lowest BCUT2D eigenvalue weighted by atomic mass is 9.96. The Bertz CT molecular complexity index is 1170. The molecule has 1 N–H and O–H groups in total. The van der Waals surface area contributed by atoms with Gasteiger partial charge in [0.1, 0.15) is 18.2 Å². The number of likely N-dealkylation sites (tertiary alicyclic amines) is 2. The minimum absolute atomic E-state index is 0.00946. The van der Waals surface area contributed by atoms with E-state index < -0.39 is 12.1 Å². The summed E-state index contributed by atoms with van der Waals surface area (Å²) in [5, 5.41) is 3.04. The highest BCUT2D eigenvalue weighted by Gasteiger charge is 2.38. The van der Waals surface area contributed by atoms with Crippen molar-refractivity contribution >= 4 is 23.7 Å². The van der Waals surface area contributed by atoms with Crippen molar-refractivity contribution in [1.82, 2.24) is 20.0 Å². The highest BCUT2D eigenvalue weighted by Crippen LogP contribution is 2.27. The van der Waals surface area contributed by atoms with Crippen LogP contribution in [0, 0.1) is 11.8 Å². The molecule has 9 heteroatoms. The normalized spacial score (nSPS) is 21.6. The fraction of sp³-hybridized carbons (Fsp3) is 0.657. The number of benzene rings is 1. The average molecular weight is 611 g/mol. The largest absolute Gasteiger partial charge is 0.456 e. The van der Waals surface area contributed by atoms with E-state index in [4.69, 9.17) is 4.74 Å². The lowest BCUT2D eigenvalue weighted by molar-refractivity contribution is -0.157. The van der Waals surface area contributed by atoms with Gasteiger partial charge in [-0.25, -0.2) is 4.79 Å². The van der Waals surface area contributed by atoms with Gasteiger partial charge in [0.05, 0.1) is 12.1 Å². The van der Waals surface area contributed by atoms with E-state index in [1.54, 1.807) is 23.8 Å². The lowest BCUT2D eigenvalue weighted by Gasteiger charge is -2.36. The van der Waals surface area contributed by atoms with Gasteiger partial charge in [-0.2, -0.15) is 0 Å². The Balaban J connectivity index is 1.73. The van der Waals surface area contributed by atoms with Gasteiger partial charge in [0.15, 0.2) is 0 Å². The summed E-state index contributed by atoms with van der Waals surface area (Å²) in [4.78, 5) is 59.4. The summed E-state index contributed by atoms with van der Waals surface area (Å²) < 4.78 is 5.91. The van der Waals surface area contributed by atoms with Crippen molar-refractivity contribution in [2.45, 2.75) is 110 Å². The van der Waals surface area contributed by atoms with Crippen molar-refractivity contribution in [3.8, 4) is 0 Å². The zero-order valence-corrected chi connectivity index (χ0v) is 28.0. The van der Waals surface area contributed by atoms with Crippen LogP contribution in [0.1, 0.15) is 91.7 Å². The maximum Gasteiger partial charge on any atom is 0.329 e. The Morgan fingerprint density at radius 1 is 0.977 bits per heavy atom. The van der Waals surface area contributed by atoms with E-state index in [9.17, 15) is 19.2 Å². The Kier molecular flexibility index (Phi) is 13.0. The SMILES string of the molecule is CC[C@H](OC(=O)[C@@H]1CCCN1C(=O)/C(C)=C/C(C(C)C)N(C)C(=O)[C@@H](NC(=O)[C@H]1CCCCN1C)C(C)C)c1ccccc1. The minimum Gasteiger partial charge on any atom is -0.456 e. The van der Waals surface area contributed by atoms with Crippen LogP contribution in [0.4, 0.5) is 0 Å². The van der Waals surface area contributed by atoms with Crippen LogP contribution in [0.25, 0.3) is 0 Å². The monoisotopic (exact) mass is 610 g/mol. The fourth-order valence-electron chi connectivity index (χ4n) is 6.37. The van der Waals surface area contributed by atoms with E-state index in [0.717, 1.165) is 37.8 Å². The molecule has 0 aromatic heterocycles. The van der Waals surface area contributed by atoms with Gasteiger partial charge >= 0.3 is 5.97 Å². The van der Waals surface area contributed by atoms with E-state index in [0.29, 0.717) is 25.0 Å². The zero-order valence-electron chi connectivity index (χ0n) is 28.0. The van der Waals surface area contributed by atoms with Crippen LogP contribution >= 0.6 is 0 Å². The molecule has 0 spiro atoms. The summed E-state index contributed by atoms with van der Waals surface area (Å²) in [6, 6.07) is 7.73. The maximum absolute atomic E-state index is 13.8. The van der Waals surface area contributed by atoms with Crippen molar-refractivity contribution in [1.29, 1.82) is 0 Å². The number of hydrogen-bond donors (Lipinski definition) is 1. The van der Waals surface area contributed by atoms with Gasteiger partial charge < -0.3 is 19.9 Å². The molecule has 44 heavy (non-hydrogen) atoms. The summed E-state index contributed by atoms with van der Waals surface area (Å²) in [7, 11) is 3.69. The highest BCUT2D eigenvalue weighted by atomic mass is 16.5. The number of rotatable bonds is 12. The van der Waals surface area contributed by atoms with Crippen LogP contribution in [0.5, 0.6) is 0 Å². The van der Waals surface area contributed by atoms with E-state index >= 15 is 0 Å². The number of carbonyl (C=O) groups is 4. The van der Waals surface area contributed by atoms with Crippen molar-refractivity contribution in [2.24, 2.45) is 11.8 Å². The number of hydrogen-bond acceptors (Lipinski definition) is 6. The summed E-state index contributed by atoms with van der Waals surface area (Å²) >= 11 is 0. The summed E-state index contributed by atoms with van der Waals surface area (Å²) in [5.74, 6) is -1.00. The van der Waals surface area contributed by atoms with Crippen LogP contribution in [0.3, 0.4) is 0 Å². The van der Waals surface area contributed by atoms with Gasteiger partial charge in [-0.15, -0.1) is 0 Å². The second-order valence-corrected chi connectivity index (χ2v) is 13.2. The number of likely N-dealkylation sites (N-methyl/N-ethyl adjacent to an activating group) is 2. The first kappa shape index (κ1) is 35.3. The van der Waals surface area contributed by atoms with E-state index in [2.05, 4.69) is 10.2 Å². The van der Waals surface area contributed by atoms with E-state index in [1.165, 1.54) is 0 Å². The summed E-state index contributed by atoms with van der Waals surface area (Å²) in [5.41, 5.74) is 1.41. The first-order chi connectivity index (χ1) is 20.9. The minimum atomic E-state index is -0.678. The summed E-state index contributed by atoms with van der Waals surface area (Å²) in [6.07, 6.45) is 6.24. The lowest BCUT2D eigenvalue weighted by Crippen LogP contribution is -2.57. The van der Waals surface area contributed by atoms with E-state index in [1.807, 2.05) is 78.1 Å². The molecule has 0 saturated carbocycles. The molecule has 0 radical (unpaired) electrons. The molecule has 2 heterocycles. The average Bonchev–Trinajstić information content (AvgIpc) is 3.50. The first-order valence-corrected chi connectivity index (χ1v) is 16.4. The van der Waals surface area contributed by atoms with Crippen LogP contribution in [0.15, 0.2) is 42.0 Å². The molecule has 2 saturated heterocycles. The van der Waals surface area contributed by atoms with Crippen molar-refractivity contribution in [2.75, 3.05) is 27.2 Å². The number of ether oxygens (including phenoxy) is 1. The maximum atomic E-state index is 13.8. The van der Waals surface area contributed by atoms with Gasteiger partial charge in [-0.05, 0) is 70.0 Å². The number of esters is 1. The van der Waals surface area contributed by atoms with Crippen LogP contribution in [-0.4, -0.2) is 89.7 Å². The number of piperidine rings is 1. The van der Waals surface area contributed by atoms with Gasteiger partial charge in [0.2, 0.25) is 17.7 Å². The van der Waals surface area contributed by atoms with Crippen molar-refractivity contribution < 1.29 is 23.9 Å². The Morgan fingerprint density at radius 2 is 1.64 bits per heavy atom. The molecule has 2 fully saturated rings. The molecule has 2 aliphatic heterocycles. The predicted octanol–water partition coefficient (Wildman–Crippen LogP) is 4.73. The quantitative estimate of drug-likeness (QED) is 0.272. The standard InChI is InChI=1S/C35H54N4O5/c1-9-30(26-16-11-10-12-17-26)44-35(43)28-19-15-21-39(28)33(41)25(6)22-29(23(2)3)38(8)34(42)31(24(4)5)36-32(40)27-18-13-14-20-37(27)7/h10-12,16-17,22-24,27-31H,9,13-15,18-21H2,1-8H3,(H,36,40)/b25-22+/t27-,28+,29?,30+,31+/m1/s1. The molecule has 0 bridgehead atoms. The molecule has 5 atom stereocenters. The first-order valence-electron chi connectivity index (χ1n) is 16.4. The zero-order chi connectivity index (χ0) is 32.6. The Labute approximate surface area is 264 Å². The molecule has 1 aromatic carbocycles. The number of nitrogens with zero attached hydrogens (tertiary/aromatic N) is 3. The molecule has 2 aliphatic rings. The second-order valence-electron chi connectivity index (χ2n) is 13.2. The van der Waals surface area contributed by atoms with Gasteiger partial charge in [0, 0.05) is 19.2 Å². The third-order valence-corrected chi connectivity index (χ3v) is 9.13. The van der Waals surface area contributed by atoms with Gasteiger partial charge in [-0.3, -0.25) is 19.3 Å². The van der Waals surface area contributed by atoms with E-state index in [-0.39, 0.29) is 53.7 Å². The molecule has 244 valence electrons. The predicted molar refractivity (Wildman–Crippen MR) is 172 cm³/mol. The molecule has 1 unspecified atom stereocenters. The highest BCUT2D eigenvalue weighted by molar-refractivity contribution is 5.96. The number of nitrogens with one attached hydrogen (secondary N) is 1. The smallest absolute Gasteiger partial charge is 0.329 e. The van der Waals surface area contributed by atoms with Gasteiger partial charge in [0.25, 0.3) is 0 Å². The molecular formula is C35H54N4O5. The number of amides is 3. The van der Waals surface area contributed by atoms with Crippen molar-refractivity contribution in [3.63, 3.8) is 0 Å². The molecule has 0 aliphatic carbocycles. The third-order valence-electron chi connectivity index (χ3n) is 9.13. The van der Waals surface area contributed by atoms with Crippen LogP contribution in [0.2, 0.25) is 0 Å². The van der Waals surface area contributed by atoms with Crippen LogP contribution < -0.4 is 5.32 Å². The van der Waals surface area contributed by atoms with Gasteiger partial charge in [-0.1, -0.05) is 77.4 Å². The molecular weight excluding hydrogens is 556 g/mol. The van der Waals surface area contributed by atoms with Crippen molar-refractivity contribution in [3.05, 3.63) is 47.5 Å².